The van der Waals surface area contributed by atoms with E-state index in [-0.39, 0.29) is 11.7 Å². The summed E-state index contributed by atoms with van der Waals surface area (Å²) in [5.74, 6) is -0.0847. The van der Waals surface area contributed by atoms with Gasteiger partial charge in [-0.3, -0.25) is 4.79 Å². The van der Waals surface area contributed by atoms with E-state index >= 15 is 0 Å². The number of nitrogens with zero attached hydrogens (tertiary/aromatic N) is 1. The molecule has 106 valence electrons. The molecule has 1 aliphatic rings. The maximum absolute atomic E-state index is 11.7. The van der Waals surface area contributed by atoms with Gasteiger partial charge in [-0.25, -0.2) is 0 Å². The Kier molecular flexibility index (Phi) is 4.23. The molecule has 1 fully saturated rings. The number of ether oxygens (including phenoxy) is 1. The largest absolute Gasteiger partial charge is 0.388 e. The molecule has 5 N–H and O–H groups in total. The molecule has 1 aliphatic heterocycles. The van der Waals surface area contributed by atoms with Crippen LogP contribution in [0.15, 0.2) is 0 Å². The Balaban J connectivity index is 2.05. The topological polar surface area (TPSA) is 110 Å². The van der Waals surface area contributed by atoms with Gasteiger partial charge in [0.15, 0.2) is 5.82 Å². The van der Waals surface area contributed by atoms with Crippen LogP contribution in [-0.2, 0) is 4.74 Å². The third-order valence-electron chi connectivity index (χ3n) is 3.17. The van der Waals surface area contributed by atoms with E-state index in [4.69, 9.17) is 10.5 Å². The number of aromatic nitrogens is 1. The molecule has 1 aromatic heterocycles. The van der Waals surface area contributed by atoms with E-state index in [1.807, 2.05) is 0 Å². The van der Waals surface area contributed by atoms with Crippen LogP contribution in [0.3, 0.4) is 0 Å². The van der Waals surface area contributed by atoms with Crippen molar-refractivity contribution in [2.45, 2.75) is 18.4 Å². The maximum Gasteiger partial charge on any atom is 0.257 e. The lowest BCUT2D eigenvalue weighted by Crippen LogP contribution is -2.42. The van der Waals surface area contributed by atoms with E-state index in [1.54, 1.807) is 0 Å². The number of rotatable bonds is 4. The third-order valence-corrected chi connectivity index (χ3v) is 3.99. The lowest BCUT2D eigenvalue weighted by atomic mass is 9.94. The molecule has 0 spiro atoms. The van der Waals surface area contributed by atoms with Crippen molar-refractivity contribution in [2.75, 3.05) is 37.9 Å². The molecule has 1 saturated heterocycles. The first-order chi connectivity index (χ1) is 9.06. The molecule has 2 rings (SSSR count). The Labute approximate surface area is 115 Å². The molecule has 8 heteroatoms. The highest BCUT2D eigenvalue weighted by molar-refractivity contribution is 7.11. The summed E-state index contributed by atoms with van der Waals surface area (Å²) in [7, 11) is 1.54. The maximum atomic E-state index is 11.7. The normalized spacial score (nSPS) is 18.0. The average molecular weight is 286 g/mol. The average Bonchev–Trinajstić information content (AvgIpc) is 2.78. The van der Waals surface area contributed by atoms with Crippen molar-refractivity contribution in [1.82, 2.24) is 9.69 Å². The summed E-state index contributed by atoms with van der Waals surface area (Å²) in [6.07, 6.45) is 1.15. The van der Waals surface area contributed by atoms with Gasteiger partial charge in [-0.15, -0.1) is 0 Å². The molecule has 0 unspecified atom stereocenters. The summed E-state index contributed by atoms with van der Waals surface area (Å²) in [4.78, 5) is 11.7. The van der Waals surface area contributed by atoms with Crippen molar-refractivity contribution in [2.24, 2.45) is 0 Å². The number of hydrogen-bond acceptors (Lipinski definition) is 7. The molecular formula is C11H18N4O3S. The minimum atomic E-state index is -0.809. The lowest BCUT2D eigenvalue weighted by molar-refractivity contribution is -0.0543. The highest BCUT2D eigenvalue weighted by Gasteiger charge is 2.30. The fourth-order valence-electron chi connectivity index (χ4n) is 1.94. The monoisotopic (exact) mass is 286 g/mol. The summed E-state index contributed by atoms with van der Waals surface area (Å²) in [5, 5.41) is 16.5. The molecule has 1 aromatic rings. The predicted octanol–water partition coefficient (Wildman–Crippen LogP) is 0.0383. The molecule has 1 amide bonds. The van der Waals surface area contributed by atoms with Crippen molar-refractivity contribution in [3.8, 4) is 0 Å². The van der Waals surface area contributed by atoms with Crippen molar-refractivity contribution < 1.29 is 14.6 Å². The summed E-state index contributed by atoms with van der Waals surface area (Å²) in [6, 6.07) is 0. The van der Waals surface area contributed by atoms with Crippen LogP contribution in [0.4, 0.5) is 10.8 Å². The number of nitrogens with one attached hydrogen (secondary N) is 2. The van der Waals surface area contributed by atoms with Crippen LogP contribution < -0.4 is 16.4 Å². The van der Waals surface area contributed by atoms with E-state index in [2.05, 4.69) is 15.0 Å². The second-order valence-corrected chi connectivity index (χ2v) is 5.31. The van der Waals surface area contributed by atoms with Crippen LogP contribution in [0.1, 0.15) is 23.2 Å². The van der Waals surface area contributed by atoms with Crippen molar-refractivity contribution in [3.63, 3.8) is 0 Å². The van der Waals surface area contributed by atoms with Gasteiger partial charge in [0.05, 0.1) is 5.60 Å². The van der Waals surface area contributed by atoms with Gasteiger partial charge in [0.2, 0.25) is 0 Å². The fraction of sp³-hybridized carbons (Fsp3) is 0.636. The second kappa shape index (κ2) is 5.72. The quantitative estimate of drug-likeness (QED) is 0.622. The molecule has 0 saturated carbocycles. The van der Waals surface area contributed by atoms with Gasteiger partial charge in [0.25, 0.3) is 5.91 Å². The summed E-state index contributed by atoms with van der Waals surface area (Å²) >= 11 is 1.12. The van der Waals surface area contributed by atoms with Gasteiger partial charge < -0.3 is 26.2 Å². The van der Waals surface area contributed by atoms with E-state index in [1.165, 1.54) is 7.05 Å². The lowest BCUT2D eigenvalue weighted by Gasteiger charge is -2.32. The number of amides is 1. The van der Waals surface area contributed by atoms with Crippen LogP contribution in [0.2, 0.25) is 0 Å². The molecule has 0 aromatic carbocycles. The van der Waals surface area contributed by atoms with Crippen LogP contribution in [0.25, 0.3) is 0 Å². The highest BCUT2D eigenvalue weighted by Crippen LogP contribution is 2.28. The number of nitrogens with two attached hydrogens (primary N) is 1. The fourth-order valence-corrected chi connectivity index (χ4v) is 2.65. The molecule has 0 atom stereocenters. The Morgan fingerprint density at radius 2 is 2.26 bits per heavy atom. The Hall–Kier alpha value is -1.38. The number of carbonyl (C=O) groups is 1. The number of aliphatic hydroxyl groups is 1. The zero-order valence-corrected chi connectivity index (χ0v) is 11.5. The Morgan fingerprint density at radius 3 is 2.89 bits per heavy atom. The van der Waals surface area contributed by atoms with Crippen molar-refractivity contribution in [3.05, 3.63) is 5.56 Å². The van der Waals surface area contributed by atoms with Gasteiger partial charge in [-0.05, 0) is 11.5 Å². The third kappa shape index (κ3) is 3.14. The van der Waals surface area contributed by atoms with Crippen molar-refractivity contribution >= 4 is 28.3 Å². The minimum absolute atomic E-state index is 0.200. The zero-order valence-electron chi connectivity index (χ0n) is 10.7. The zero-order chi connectivity index (χ0) is 13.9. The molecule has 0 bridgehead atoms. The molecule has 0 aliphatic carbocycles. The van der Waals surface area contributed by atoms with Gasteiger partial charge in [-0.1, -0.05) is 0 Å². The summed E-state index contributed by atoms with van der Waals surface area (Å²) < 4.78 is 9.18. The van der Waals surface area contributed by atoms with Gasteiger partial charge in [-0.2, -0.15) is 4.37 Å². The van der Waals surface area contributed by atoms with Crippen LogP contribution in [0, 0.1) is 0 Å². The van der Waals surface area contributed by atoms with Crippen molar-refractivity contribution in [1.29, 1.82) is 0 Å². The SMILES string of the molecule is CNC(=O)c1c(N)nsc1NCC1(O)CCOCC1. The standard InChI is InChI=1S/C11H18N4O3S/c1-13-9(16)7-8(12)15-19-10(7)14-6-11(17)2-4-18-5-3-11/h14,17H,2-6H2,1H3,(H2,12,15)(H,13,16). The summed E-state index contributed by atoms with van der Waals surface area (Å²) in [6.45, 7) is 1.44. The predicted molar refractivity (Wildman–Crippen MR) is 73.4 cm³/mol. The second-order valence-electron chi connectivity index (χ2n) is 4.54. The minimum Gasteiger partial charge on any atom is -0.388 e. The number of hydrogen-bond donors (Lipinski definition) is 4. The van der Waals surface area contributed by atoms with E-state index in [0.29, 0.717) is 43.2 Å². The first kappa shape index (κ1) is 14.0. The number of nitrogen functional groups attached to an aromatic ring is 1. The number of carbonyl (C=O) groups excluding carboxylic acids is 1. The highest BCUT2D eigenvalue weighted by atomic mass is 32.1. The smallest absolute Gasteiger partial charge is 0.257 e. The molecule has 2 heterocycles. The Morgan fingerprint density at radius 1 is 1.58 bits per heavy atom. The summed E-state index contributed by atoms with van der Waals surface area (Å²) in [5.41, 5.74) is 5.20. The van der Waals surface area contributed by atoms with Gasteiger partial charge in [0, 0.05) is 39.6 Å². The first-order valence-electron chi connectivity index (χ1n) is 6.07. The van der Waals surface area contributed by atoms with Crippen LogP contribution in [0.5, 0.6) is 0 Å². The van der Waals surface area contributed by atoms with Crippen LogP contribution >= 0.6 is 11.5 Å². The van der Waals surface area contributed by atoms with E-state index < -0.39 is 5.60 Å². The van der Waals surface area contributed by atoms with E-state index in [0.717, 1.165) is 11.5 Å². The van der Waals surface area contributed by atoms with Crippen LogP contribution in [-0.4, -0.2) is 47.8 Å². The molecule has 0 radical (unpaired) electrons. The Bertz CT molecular complexity index is 457. The number of anilines is 2. The molecule has 7 nitrogen and oxygen atoms in total. The van der Waals surface area contributed by atoms with Gasteiger partial charge in [0.1, 0.15) is 10.6 Å². The van der Waals surface area contributed by atoms with E-state index in [9.17, 15) is 9.90 Å². The first-order valence-corrected chi connectivity index (χ1v) is 6.84. The van der Waals surface area contributed by atoms with Gasteiger partial charge >= 0.3 is 0 Å². The molecule has 19 heavy (non-hydrogen) atoms. The molecular weight excluding hydrogens is 268 g/mol.